The van der Waals surface area contributed by atoms with Crippen molar-refractivity contribution >= 4 is 5.82 Å². The van der Waals surface area contributed by atoms with Crippen LogP contribution in [0.4, 0.5) is 5.82 Å². The summed E-state index contributed by atoms with van der Waals surface area (Å²) in [6, 6.07) is 4.21. The first-order valence-electron chi connectivity index (χ1n) is 6.49. The van der Waals surface area contributed by atoms with Crippen molar-refractivity contribution in [2.75, 3.05) is 11.9 Å². The number of hydrogen-bond donors (Lipinski definition) is 1. The van der Waals surface area contributed by atoms with Crippen molar-refractivity contribution in [3.63, 3.8) is 0 Å². The van der Waals surface area contributed by atoms with Gasteiger partial charge < -0.3 is 9.88 Å². The molecule has 0 spiro atoms. The molecule has 0 aliphatic heterocycles. The van der Waals surface area contributed by atoms with Gasteiger partial charge in [0.25, 0.3) is 0 Å². The topological polar surface area (TPSA) is 66.5 Å². The molecule has 1 aliphatic carbocycles. The summed E-state index contributed by atoms with van der Waals surface area (Å²) in [7, 11) is 0. The van der Waals surface area contributed by atoms with E-state index < -0.39 is 0 Å². The minimum absolute atomic E-state index is 0.645. The van der Waals surface area contributed by atoms with Crippen LogP contribution in [0.25, 0.3) is 0 Å². The Labute approximate surface area is 111 Å². The van der Waals surface area contributed by atoms with E-state index >= 15 is 0 Å². The van der Waals surface area contributed by atoms with Gasteiger partial charge in [-0.25, -0.2) is 9.97 Å². The molecule has 0 aromatic carbocycles. The third-order valence-electron chi connectivity index (χ3n) is 3.39. The molecule has 0 amide bonds. The van der Waals surface area contributed by atoms with Crippen molar-refractivity contribution in [3.05, 3.63) is 41.6 Å². The molecule has 0 atom stereocenters. The lowest BCUT2D eigenvalue weighted by Crippen LogP contribution is -2.12. The molecule has 5 heteroatoms. The van der Waals surface area contributed by atoms with Gasteiger partial charge in [-0.3, -0.25) is 0 Å². The van der Waals surface area contributed by atoms with Gasteiger partial charge in [-0.2, -0.15) is 5.26 Å². The van der Waals surface area contributed by atoms with Crippen LogP contribution < -0.4 is 5.32 Å². The highest BCUT2D eigenvalue weighted by atomic mass is 15.1. The van der Waals surface area contributed by atoms with Crippen LogP contribution in [-0.4, -0.2) is 21.1 Å². The van der Waals surface area contributed by atoms with Crippen LogP contribution in [0.1, 0.15) is 23.2 Å². The highest BCUT2D eigenvalue weighted by molar-refractivity contribution is 5.55. The molecule has 0 unspecified atom stereocenters. The zero-order valence-corrected chi connectivity index (χ0v) is 10.6. The summed E-state index contributed by atoms with van der Waals surface area (Å²) in [6.45, 7) is 1.54. The summed E-state index contributed by atoms with van der Waals surface area (Å²) < 4.78 is 1.99. The zero-order valence-electron chi connectivity index (χ0n) is 10.6. The maximum absolute atomic E-state index is 9.19. The number of hydrogen-bond acceptors (Lipinski definition) is 4. The van der Waals surface area contributed by atoms with Crippen LogP contribution in [0.15, 0.2) is 24.8 Å². The largest absolute Gasteiger partial charge is 0.367 e. The van der Waals surface area contributed by atoms with Gasteiger partial charge in [-0.1, -0.05) is 0 Å². The van der Waals surface area contributed by atoms with E-state index in [0.717, 1.165) is 38.0 Å². The number of fused-ring (bicyclic) bond motifs is 1. The van der Waals surface area contributed by atoms with Crippen LogP contribution in [-0.2, 0) is 19.4 Å². The second-order valence-corrected chi connectivity index (χ2v) is 4.68. The molecule has 2 aromatic rings. The van der Waals surface area contributed by atoms with Gasteiger partial charge in [0.2, 0.25) is 0 Å². The molecule has 19 heavy (non-hydrogen) atoms. The van der Waals surface area contributed by atoms with Crippen molar-refractivity contribution < 1.29 is 0 Å². The van der Waals surface area contributed by atoms with Gasteiger partial charge in [0.05, 0.1) is 11.9 Å². The van der Waals surface area contributed by atoms with Crippen molar-refractivity contribution in [1.82, 2.24) is 14.5 Å². The fourth-order valence-corrected chi connectivity index (χ4v) is 2.41. The molecule has 0 bridgehead atoms. The van der Waals surface area contributed by atoms with Crippen LogP contribution in [0, 0.1) is 11.3 Å². The Hall–Kier alpha value is -2.35. The number of aromatic nitrogens is 3. The third kappa shape index (κ3) is 2.43. The van der Waals surface area contributed by atoms with Crippen LogP contribution >= 0.6 is 0 Å². The molecular formula is C14H15N5. The summed E-state index contributed by atoms with van der Waals surface area (Å²) in [5.41, 5.74) is 3.02. The fraction of sp³-hybridized carbons (Fsp3) is 0.357. The Balaban J connectivity index is 1.72. The second-order valence-electron chi connectivity index (χ2n) is 4.68. The number of rotatable bonds is 4. The van der Waals surface area contributed by atoms with E-state index in [2.05, 4.69) is 21.4 Å². The average Bonchev–Trinajstić information content (AvgIpc) is 3.08. The molecule has 5 nitrogen and oxygen atoms in total. The monoisotopic (exact) mass is 253 g/mol. The quantitative estimate of drug-likeness (QED) is 0.901. The Morgan fingerprint density at radius 3 is 3.16 bits per heavy atom. The van der Waals surface area contributed by atoms with E-state index in [1.165, 1.54) is 5.56 Å². The minimum atomic E-state index is 0.645. The lowest BCUT2D eigenvalue weighted by atomic mass is 10.1. The molecule has 3 rings (SSSR count). The highest BCUT2D eigenvalue weighted by Crippen LogP contribution is 2.24. The smallest absolute Gasteiger partial charge is 0.144 e. The number of aryl methyl sites for hydroxylation is 2. The highest BCUT2D eigenvalue weighted by Gasteiger charge is 2.16. The number of anilines is 1. The molecule has 96 valence electrons. The predicted molar refractivity (Wildman–Crippen MR) is 71.7 cm³/mol. The first-order chi connectivity index (χ1) is 9.36. The molecular weight excluding hydrogens is 238 g/mol. The molecule has 1 N–H and O–H groups in total. The van der Waals surface area contributed by atoms with Gasteiger partial charge in [-0.15, -0.1) is 0 Å². The first kappa shape index (κ1) is 11.7. The number of nitrogens with one attached hydrogen (secondary N) is 1. The zero-order chi connectivity index (χ0) is 13.1. The molecule has 0 saturated heterocycles. The SMILES string of the molecule is N#Cc1cc2c(nc1NCCn1ccnc1)CCC2. The normalized spacial score (nSPS) is 13.0. The molecule has 2 heterocycles. The Bertz CT molecular complexity index is 610. The van der Waals surface area contributed by atoms with Crippen molar-refractivity contribution in [1.29, 1.82) is 5.26 Å². The maximum Gasteiger partial charge on any atom is 0.144 e. The summed E-state index contributed by atoms with van der Waals surface area (Å²) in [5.74, 6) is 0.711. The number of imidazole rings is 1. The molecule has 0 saturated carbocycles. The number of nitrogens with zero attached hydrogens (tertiary/aromatic N) is 4. The Morgan fingerprint density at radius 1 is 1.42 bits per heavy atom. The summed E-state index contributed by atoms with van der Waals surface area (Å²) in [6.07, 6.45) is 8.68. The van der Waals surface area contributed by atoms with E-state index in [4.69, 9.17) is 0 Å². The summed E-state index contributed by atoms with van der Waals surface area (Å²) >= 11 is 0. The van der Waals surface area contributed by atoms with Gasteiger partial charge >= 0.3 is 0 Å². The van der Waals surface area contributed by atoms with Gasteiger partial charge in [0.15, 0.2) is 0 Å². The van der Waals surface area contributed by atoms with Crippen molar-refractivity contribution in [3.8, 4) is 6.07 Å². The lowest BCUT2D eigenvalue weighted by molar-refractivity contribution is 0.725. The first-order valence-corrected chi connectivity index (χ1v) is 6.49. The van der Waals surface area contributed by atoms with E-state index in [0.29, 0.717) is 11.4 Å². The third-order valence-corrected chi connectivity index (χ3v) is 3.39. The van der Waals surface area contributed by atoms with Crippen LogP contribution in [0.3, 0.4) is 0 Å². The second kappa shape index (κ2) is 5.11. The van der Waals surface area contributed by atoms with Crippen LogP contribution in [0.5, 0.6) is 0 Å². The van der Waals surface area contributed by atoms with E-state index in [-0.39, 0.29) is 0 Å². The Morgan fingerprint density at radius 2 is 2.37 bits per heavy atom. The minimum Gasteiger partial charge on any atom is -0.367 e. The fourth-order valence-electron chi connectivity index (χ4n) is 2.41. The van der Waals surface area contributed by atoms with Crippen LogP contribution in [0.2, 0.25) is 0 Å². The number of pyridine rings is 1. The van der Waals surface area contributed by atoms with Crippen molar-refractivity contribution in [2.24, 2.45) is 0 Å². The van der Waals surface area contributed by atoms with E-state index in [1.54, 1.807) is 12.5 Å². The molecule has 0 radical (unpaired) electrons. The van der Waals surface area contributed by atoms with E-state index in [1.807, 2.05) is 16.8 Å². The molecule has 1 aliphatic rings. The molecule has 2 aromatic heterocycles. The van der Waals surface area contributed by atoms with Gasteiger partial charge in [0.1, 0.15) is 11.9 Å². The van der Waals surface area contributed by atoms with Gasteiger partial charge in [0, 0.05) is 31.2 Å². The molecule has 0 fully saturated rings. The average molecular weight is 253 g/mol. The number of nitriles is 1. The predicted octanol–water partition coefficient (Wildman–Crippen LogP) is 1.75. The summed E-state index contributed by atoms with van der Waals surface area (Å²) in [5, 5.41) is 12.4. The summed E-state index contributed by atoms with van der Waals surface area (Å²) in [4.78, 5) is 8.58. The van der Waals surface area contributed by atoms with Crippen molar-refractivity contribution in [2.45, 2.75) is 25.8 Å². The lowest BCUT2D eigenvalue weighted by Gasteiger charge is -2.10. The Kier molecular flexibility index (Phi) is 3.15. The maximum atomic E-state index is 9.19. The van der Waals surface area contributed by atoms with E-state index in [9.17, 15) is 5.26 Å². The standard InChI is InChI=1S/C14H15N5/c15-9-12-8-11-2-1-3-13(11)18-14(12)17-5-7-19-6-4-16-10-19/h4,6,8,10H,1-3,5,7H2,(H,17,18). The van der Waals surface area contributed by atoms with Gasteiger partial charge in [-0.05, 0) is 30.9 Å².